The summed E-state index contributed by atoms with van der Waals surface area (Å²) in [5.74, 6) is -2.43. The highest BCUT2D eigenvalue weighted by Crippen LogP contribution is 2.34. The van der Waals surface area contributed by atoms with Crippen molar-refractivity contribution in [2.75, 3.05) is 37.6 Å². The number of carbonyl (C=O) groups excluding carboxylic acids is 4. The van der Waals surface area contributed by atoms with E-state index in [0.717, 1.165) is 10.6 Å². The Labute approximate surface area is 181 Å². The summed E-state index contributed by atoms with van der Waals surface area (Å²) in [6.45, 7) is 3.56. The standard InChI is InChI=1S/C23H27N3O5/c1-16(21(28)25-13-11-24(12-14-25)17-7-3-2-4-8-17)31-20(27)15-26-22(29)18-9-5-6-10-19(18)23(26)30/h2-8,16,18-19H,9-15H2,1H3/t16-,18-,19-/m0/s1. The first-order valence-corrected chi connectivity index (χ1v) is 10.7. The van der Waals surface area contributed by atoms with Crippen molar-refractivity contribution in [2.45, 2.75) is 25.9 Å². The second-order valence-corrected chi connectivity index (χ2v) is 8.20. The third-order valence-electron chi connectivity index (χ3n) is 6.25. The average Bonchev–Trinajstić information content (AvgIpc) is 3.04. The molecule has 1 aromatic carbocycles. The minimum Gasteiger partial charge on any atom is -0.451 e. The van der Waals surface area contributed by atoms with Crippen molar-refractivity contribution in [3.8, 4) is 0 Å². The van der Waals surface area contributed by atoms with Gasteiger partial charge in [-0.1, -0.05) is 30.4 Å². The van der Waals surface area contributed by atoms with Crippen LogP contribution in [0.3, 0.4) is 0 Å². The lowest BCUT2D eigenvalue weighted by Crippen LogP contribution is -2.52. The topological polar surface area (TPSA) is 87.2 Å². The number of para-hydroxylation sites is 1. The quantitative estimate of drug-likeness (QED) is 0.401. The number of hydrogen-bond donors (Lipinski definition) is 0. The van der Waals surface area contributed by atoms with Gasteiger partial charge in [-0.25, -0.2) is 0 Å². The normalized spacial score (nSPS) is 24.2. The van der Waals surface area contributed by atoms with Gasteiger partial charge in [-0.2, -0.15) is 0 Å². The second-order valence-electron chi connectivity index (χ2n) is 8.20. The second kappa shape index (κ2) is 8.91. The number of anilines is 1. The first kappa shape index (κ1) is 21.1. The number of likely N-dealkylation sites (tertiary alicyclic amines) is 1. The Morgan fingerprint density at radius 1 is 0.968 bits per heavy atom. The van der Waals surface area contributed by atoms with Crippen LogP contribution in [-0.2, 0) is 23.9 Å². The lowest BCUT2D eigenvalue weighted by Gasteiger charge is -2.37. The first-order chi connectivity index (χ1) is 15.0. The fourth-order valence-corrected chi connectivity index (χ4v) is 4.52. The monoisotopic (exact) mass is 425 g/mol. The molecule has 0 radical (unpaired) electrons. The summed E-state index contributed by atoms with van der Waals surface area (Å²) in [5, 5.41) is 0. The summed E-state index contributed by atoms with van der Waals surface area (Å²) < 4.78 is 5.28. The predicted octanol–water partition coefficient (Wildman–Crippen LogP) is 1.22. The van der Waals surface area contributed by atoms with Crippen molar-refractivity contribution in [3.63, 3.8) is 0 Å². The molecule has 0 unspecified atom stereocenters. The zero-order chi connectivity index (χ0) is 22.0. The molecule has 2 fully saturated rings. The number of amides is 3. The fraction of sp³-hybridized carbons (Fsp3) is 0.478. The molecule has 1 aliphatic carbocycles. The number of carbonyl (C=O) groups is 4. The lowest BCUT2D eigenvalue weighted by atomic mass is 9.85. The minimum atomic E-state index is -0.965. The highest BCUT2D eigenvalue weighted by Gasteiger charge is 2.48. The summed E-state index contributed by atoms with van der Waals surface area (Å²) in [7, 11) is 0. The van der Waals surface area contributed by atoms with Gasteiger partial charge in [0.05, 0.1) is 11.8 Å². The zero-order valence-electron chi connectivity index (χ0n) is 17.6. The molecule has 3 atom stereocenters. The van der Waals surface area contributed by atoms with Gasteiger partial charge in [-0.05, 0) is 31.9 Å². The molecule has 164 valence electrons. The number of hydrogen-bond acceptors (Lipinski definition) is 6. The summed E-state index contributed by atoms with van der Waals surface area (Å²) in [6, 6.07) is 10.0. The van der Waals surface area contributed by atoms with Crippen molar-refractivity contribution in [1.29, 1.82) is 0 Å². The number of rotatable bonds is 5. The number of ether oxygens (including phenoxy) is 1. The van der Waals surface area contributed by atoms with E-state index in [2.05, 4.69) is 4.90 Å². The van der Waals surface area contributed by atoms with Gasteiger partial charge in [-0.3, -0.25) is 24.1 Å². The Kier molecular flexibility index (Phi) is 6.06. The Hall–Kier alpha value is -3.16. The van der Waals surface area contributed by atoms with Crippen molar-refractivity contribution in [3.05, 3.63) is 42.5 Å². The molecule has 3 aliphatic rings. The molecule has 8 heteroatoms. The van der Waals surface area contributed by atoms with Crippen LogP contribution < -0.4 is 4.90 Å². The molecule has 0 aromatic heterocycles. The number of nitrogens with zero attached hydrogens (tertiary/aromatic N) is 3. The maximum atomic E-state index is 12.7. The smallest absolute Gasteiger partial charge is 0.326 e. The van der Waals surface area contributed by atoms with Crippen molar-refractivity contribution < 1.29 is 23.9 Å². The summed E-state index contributed by atoms with van der Waals surface area (Å²) in [4.78, 5) is 54.9. The molecule has 2 heterocycles. The molecule has 0 N–H and O–H groups in total. The van der Waals surface area contributed by atoms with Crippen LogP contribution in [0.25, 0.3) is 0 Å². The van der Waals surface area contributed by atoms with Gasteiger partial charge in [0.15, 0.2) is 6.10 Å². The molecule has 31 heavy (non-hydrogen) atoms. The maximum absolute atomic E-state index is 12.7. The van der Waals surface area contributed by atoms with E-state index < -0.39 is 18.6 Å². The van der Waals surface area contributed by atoms with Crippen molar-refractivity contribution in [2.24, 2.45) is 11.8 Å². The number of allylic oxidation sites excluding steroid dienone is 2. The molecule has 3 amide bonds. The van der Waals surface area contributed by atoms with Gasteiger partial charge in [0.2, 0.25) is 11.8 Å². The molecular formula is C23H27N3O5. The predicted molar refractivity (Wildman–Crippen MR) is 113 cm³/mol. The number of imide groups is 1. The first-order valence-electron chi connectivity index (χ1n) is 10.7. The van der Waals surface area contributed by atoms with Gasteiger partial charge >= 0.3 is 5.97 Å². The molecule has 0 bridgehead atoms. The van der Waals surface area contributed by atoms with Crippen molar-refractivity contribution >= 4 is 29.4 Å². The van der Waals surface area contributed by atoms with Crippen LogP contribution in [0.4, 0.5) is 5.69 Å². The van der Waals surface area contributed by atoms with E-state index >= 15 is 0 Å². The molecule has 0 spiro atoms. The molecule has 8 nitrogen and oxygen atoms in total. The number of piperazine rings is 1. The molecule has 0 saturated carbocycles. The van der Waals surface area contributed by atoms with Crippen LogP contribution in [0.2, 0.25) is 0 Å². The summed E-state index contributed by atoms with van der Waals surface area (Å²) in [6.07, 6.45) is 3.86. The average molecular weight is 425 g/mol. The zero-order valence-corrected chi connectivity index (χ0v) is 17.6. The molecule has 2 aliphatic heterocycles. The van der Waals surface area contributed by atoms with Crippen LogP contribution in [0, 0.1) is 11.8 Å². The largest absolute Gasteiger partial charge is 0.451 e. The van der Waals surface area contributed by atoms with E-state index in [9.17, 15) is 19.2 Å². The highest BCUT2D eigenvalue weighted by atomic mass is 16.5. The number of fused-ring (bicyclic) bond motifs is 1. The van der Waals surface area contributed by atoms with E-state index in [0.29, 0.717) is 39.0 Å². The molecule has 4 rings (SSSR count). The maximum Gasteiger partial charge on any atom is 0.326 e. The molecular weight excluding hydrogens is 398 g/mol. The highest BCUT2D eigenvalue weighted by molar-refractivity contribution is 6.07. The van der Waals surface area contributed by atoms with Crippen LogP contribution in [0.5, 0.6) is 0 Å². The van der Waals surface area contributed by atoms with Crippen LogP contribution in [-0.4, -0.2) is 72.3 Å². The van der Waals surface area contributed by atoms with Crippen molar-refractivity contribution in [1.82, 2.24) is 9.80 Å². The van der Waals surface area contributed by atoms with E-state index in [-0.39, 0.29) is 29.6 Å². The van der Waals surface area contributed by atoms with Gasteiger partial charge < -0.3 is 14.5 Å². The fourth-order valence-electron chi connectivity index (χ4n) is 4.52. The summed E-state index contributed by atoms with van der Waals surface area (Å²) >= 11 is 0. The Morgan fingerprint density at radius 2 is 1.55 bits per heavy atom. The Morgan fingerprint density at radius 3 is 2.13 bits per heavy atom. The van der Waals surface area contributed by atoms with E-state index in [1.165, 1.54) is 6.92 Å². The van der Waals surface area contributed by atoms with Gasteiger partial charge in [0.25, 0.3) is 5.91 Å². The lowest BCUT2D eigenvalue weighted by molar-refractivity contribution is -0.162. The minimum absolute atomic E-state index is 0.266. The van der Waals surface area contributed by atoms with Gasteiger partial charge in [0, 0.05) is 31.9 Å². The Bertz CT molecular complexity index is 866. The Balaban J connectivity index is 1.27. The molecule has 2 saturated heterocycles. The summed E-state index contributed by atoms with van der Waals surface area (Å²) in [5.41, 5.74) is 1.12. The third-order valence-corrected chi connectivity index (χ3v) is 6.25. The van der Waals surface area contributed by atoms with Crippen LogP contribution in [0.1, 0.15) is 19.8 Å². The van der Waals surface area contributed by atoms with Gasteiger partial charge in [0.1, 0.15) is 6.54 Å². The number of esters is 1. The van der Waals surface area contributed by atoms with Crippen LogP contribution >= 0.6 is 0 Å². The SMILES string of the molecule is C[C@H](OC(=O)CN1C(=O)[C@H]2CC=CC[C@@H]2C1=O)C(=O)N1CCN(c2ccccc2)CC1. The van der Waals surface area contributed by atoms with Crippen LogP contribution in [0.15, 0.2) is 42.5 Å². The van der Waals surface area contributed by atoms with E-state index in [1.807, 2.05) is 42.5 Å². The number of benzene rings is 1. The third kappa shape index (κ3) is 4.33. The van der Waals surface area contributed by atoms with Gasteiger partial charge in [-0.15, -0.1) is 0 Å². The van der Waals surface area contributed by atoms with E-state index in [1.54, 1.807) is 4.90 Å². The molecule has 1 aromatic rings. The van der Waals surface area contributed by atoms with E-state index in [4.69, 9.17) is 4.74 Å².